The molecule has 0 aromatic heterocycles. The first-order valence-electron chi connectivity index (χ1n) is 8.71. The van der Waals surface area contributed by atoms with Gasteiger partial charge in [-0.2, -0.15) is 0 Å². The lowest BCUT2D eigenvalue weighted by atomic mass is 10.0. The number of benzene rings is 3. The molecule has 132 valence electrons. The highest BCUT2D eigenvalue weighted by Crippen LogP contribution is 2.39. The first kappa shape index (κ1) is 18.3. The molecule has 3 rings (SSSR count). The Labute approximate surface area is 159 Å². The summed E-state index contributed by atoms with van der Waals surface area (Å²) in [5.41, 5.74) is 3.11. The average molecular weight is 362 g/mol. The third-order valence-electron chi connectivity index (χ3n) is 4.27. The van der Waals surface area contributed by atoms with Gasteiger partial charge in [-0.05, 0) is 29.8 Å². The van der Waals surface area contributed by atoms with Crippen molar-refractivity contribution >= 4 is 23.2 Å². The molecule has 3 aromatic rings. The SMILES string of the molecule is CN(C)c1ccc(C(CC(=O)c2ccccc2)Sc2ccccc2)cc1. The smallest absolute Gasteiger partial charge is 0.164 e. The van der Waals surface area contributed by atoms with Crippen LogP contribution in [0.5, 0.6) is 0 Å². The fraction of sp³-hybridized carbons (Fsp3) is 0.174. The van der Waals surface area contributed by atoms with Gasteiger partial charge in [0.15, 0.2) is 5.78 Å². The zero-order valence-electron chi connectivity index (χ0n) is 15.1. The van der Waals surface area contributed by atoms with Crippen molar-refractivity contribution in [1.82, 2.24) is 0 Å². The van der Waals surface area contributed by atoms with Gasteiger partial charge in [0, 0.05) is 41.9 Å². The highest BCUT2D eigenvalue weighted by molar-refractivity contribution is 7.99. The van der Waals surface area contributed by atoms with Crippen LogP contribution in [0, 0.1) is 0 Å². The van der Waals surface area contributed by atoms with Gasteiger partial charge in [0.2, 0.25) is 0 Å². The molecule has 1 atom stereocenters. The van der Waals surface area contributed by atoms with E-state index in [-0.39, 0.29) is 11.0 Å². The number of rotatable bonds is 7. The highest BCUT2D eigenvalue weighted by Gasteiger charge is 2.19. The van der Waals surface area contributed by atoms with Crippen LogP contribution in [0.1, 0.15) is 27.6 Å². The first-order valence-corrected chi connectivity index (χ1v) is 9.58. The second-order valence-electron chi connectivity index (χ2n) is 6.40. The Morgan fingerprint density at radius 1 is 0.846 bits per heavy atom. The summed E-state index contributed by atoms with van der Waals surface area (Å²) in [6.45, 7) is 0. The van der Waals surface area contributed by atoms with Crippen LogP contribution in [0.3, 0.4) is 0 Å². The zero-order chi connectivity index (χ0) is 18.4. The van der Waals surface area contributed by atoms with Gasteiger partial charge in [-0.25, -0.2) is 0 Å². The third-order valence-corrected chi connectivity index (χ3v) is 5.54. The van der Waals surface area contributed by atoms with E-state index in [1.807, 2.05) is 62.6 Å². The van der Waals surface area contributed by atoms with E-state index in [9.17, 15) is 4.79 Å². The second kappa shape index (κ2) is 8.72. The van der Waals surface area contributed by atoms with Crippen molar-refractivity contribution in [2.24, 2.45) is 0 Å². The number of nitrogens with zero attached hydrogens (tertiary/aromatic N) is 1. The quantitative estimate of drug-likeness (QED) is 0.388. The third kappa shape index (κ3) is 4.77. The van der Waals surface area contributed by atoms with Gasteiger partial charge in [0.25, 0.3) is 0 Å². The van der Waals surface area contributed by atoms with Crippen LogP contribution in [-0.4, -0.2) is 19.9 Å². The number of hydrogen-bond acceptors (Lipinski definition) is 3. The molecule has 0 spiro atoms. The van der Waals surface area contributed by atoms with Crippen LogP contribution in [0.2, 0.25) is 0 Å². The van der Waals surface area contributed by atoms with Crippen LogP contribution in [0.4, 0.5) is 5.69 Å². The lowest BCUT2D eigenvalue weighted by Gasteiger charge is -2.19. The maximum atomic E-state index is 12.8. The van der Waals surface area contributed by atoms with Crippen LogP contribution >= 0.6 is 11.8 Å². The van der Waals surface area contributed by atoms with E-state index >= 15 is 0 Å². The molecule has 1 unspecified atom stereocenters. The molecule has 3 heteroatoms. The molecule has 0 heterocycles. The first-order chi connectivity index (χ1) is 12.6. The predicted molar refractivity (Wildman–Crippen MR) is 111 cm³/mol. The van der Waals surface area contributed by atoms with Crippen molar-refractivity contribution in [2.75, 3.05) is 19.0 Å². The van der Waals surface area contributed by atoms with Gasteiger partial charge in [0.1, 0.15) is 0 Å². The summed E-state index contributed by atoms with van der Waals surface area (Å²) in [4.78, 5) is 16.0. The molecule has 0 saturated heterocycles. The number of hydrogen-bond donors (Lipinski definition) is 0. The Morgan fingerprint density at radius 3 is 2.00 bits per heavy atom. The van der Waals surface area contributed by atoms with Crippen LogP contribution in [0.25, 0.3) is 0 Å². The molecule has 0 aliphatic rings. The normalized spacial score (nSPS) is 11.8. The van der Waals surface area contributed by atoms with Crippen molar-refractivity contribution in [3.8, 4) is 0 Å². The molecular weight excluding hydrogens is 338 g/mol. The summed E-state index contributed by atoms with van der Waals surface area (Å²) in [6.07, 6.45) is 0.477. The van der Waals surface area contributed by atoms with E-state index in [1.165, 1.54) is 10.5 Å². The van der Waals surface area contributed by atoms with Crippen LogP contribution < -0.4 is 4.90 Å². The average Bonchev–Trinajstić information content (AvgIpc) is 2.69. The van der Waals surface area contributed by atoms with E-state index in [0.29, 0.717) is 6.42 Å². The van der Waals surface area contributed by atoms with Gasteiger partial charge in [0.05, 0.1) is 0 Å². The van der Waals surface area contributed by atoms with E-state index < -0.39 is 0 Å². The lowest BCUT2D eigenvalue weighted by Crippen LogP contribution is -2.09. The van der Waals surface area contributed by atoms with E-state index in [2.05, 4.69) is 41.3 Å². The number of anilines is 1. The van der Waals surface area contributed by atoms with E-state index in [0.717, 1.165) is 11.3 Å². The topological polar surface area (TPSA) is 20.3 Å². The molecule has 0 bridgehead atoms. The number of thioether (sulfide) groups is 1. The summed E-state index contributed by atoms with van der Waals surface area (Å²) in [6, 6.07) is 28.3. The van der Waals surface area contributed by atoms with Gasteiger partial charge in [-0.3, -0.25) is 4.79 Å². The molecule has 26 heavy (non-hydrogen) atoms. The maximum absolute atomic E-state index is 12.8. The minimum Gasteiger partial charge on any atom is -0.378 e. The van der Waals surface area contributed by atoms with Gasteiger partial charge in [-0.15, -0.1) is 11.8 Å². The maximum Gasteiger partial charge on any atom is 0.164 e. The number of carbonyl (C=O) groups is 1. The Bertz CT molecular complexity index is 829. The zero-order valence-corrected chi connectivity index (χ0v) is 15.9. The van der Waals surface area contributed by atoms with Gasteiger partial charge >= 0.3 is 0 Å². The van der Waals surface area contributed by atoms with Crippen molar-refractivity contribution in [3.05, 3.63) is 96.1 Å². The Balaban J connectivity index is 1.85. The minimum atomic E-state index is 0.0846. The van der Waals surface area contributed by atoms with Crippen molar-refractivity contribution < 1.29 is 4.79 Å². The molecule has 0 amide bonds. The van der Waals surface area contributed by atoms with Crippen LogP contribution in [0.15, 0.2) is 89.8 Å². The summed E-state index contributed by atoms with van der Waals surface area (Å²) in [7, 11) is 4.06. The number of carbonyl (C=O) groups excluding carboxylic acids is 1. The molecule has 0 N–H and O–H groups in total. The second-order valence-corrected chi connectivity index (χ2v) is 7.67. The summed E-state index contributed by atoms with van der Waals surface area (Å²) in [5, 5.41) is 0.0846. The summed E-state index contributed by atoms with van der Waals surface area (Å²) < 4.78 is 0. The Kier molecular flexibility index (Phi) is 6.13. The molecule has 0 radical (unpaired) electrons. The molecule has 0 aliphatic carbocycles. The van der Waals surface area contributed by atoms with Crippen LogP contribution in [-0.2, 0) is 0 Å². The van der Waals surface area contributed by atoms with Gasteiger partial charge in [-0.1, -0.05) is 60.7 Å². The minimum absolute atomic E-state index is 0.0846. The van der Waals surface area contributed by atoms with Crippen molar-refractivity contribution in [1.29, 1.82) is 0 Å². The Morgan fingerprint density at radius 2 is 1.42 bits per heavy atom. The predicted octanol–water partition coefficient (Wildman–Crippen LogP) is 5.86. The molecule has 0 aliphatic heterocycles. The van der Waals surface area contributed by atoms with Crippen molar-refractivity contribution in [3.63, 3.8) is 0 Å². The fourth-order valence-electron chi connectivity index (χ4n) is 2.79. The lowest BCUT2D eigenvalue weighted by molar-refractivity contribution is 0.0982. The fourth-order valence-corrected chi connectivity index (χ4v) is 3.96. The van der Waals surface area contributed by atoms with E-state index in [1.54, 1.807) is 11.8 Å². The highest BCUT2D eigenvalue weighted by atomic mass is 32.2. The van der Waals surface area contributed by atoms with Crippen molar-refractivity contribution in [2.45, 2.75) is 16.6 Å². The molecular formula is C23H23NOS. The molecule has 0 saturated carbocycles. The van der Waals surface area contributed by atoms with E-state index in [4.69, 9.17) is 0 Å². The summed E-state index contributed by atoms with van der Waals surface area (Å²) in [5.74, 6) is 0.177. The Hall–Kier alpha value is -2.52. The largest absolute Gasteiger partial charge is 0.378 e. The molecule has 0 fully saturated rings. The van der Waals surface area contributed by atoms with Gasteiger partial charge < -0.3 is 4.90 Å². The standard InChI is InChI=1S/C23H23NOS/c1-24(2)20-15-13-19(14-16-20)23(26-21-11-7-4-8-12-21)17-22(25)18-9-5-3-6-10-18/h3-16,23H,17H2,1-2H3. The monoisotopic (exact) mass is 361 g/mol. The molecule has 3 aromatic carbocycles. The molecule has 2 nitrogen and oxygen atoms in total. The number of ketones is 1. The number of Topliss-reactive ketones (excluding diaryl/α,β-unsaturated/α-hetero) is 1. The summed E-state index contributed by atoms with van der Waals surface area (Å²) >= 11 is 1.74.